The Balaban J connectivity index is 2.90. The molecule has 5 nitrogen and oxygen atoms in total. The zero-order valence-corrected chi connectivity index (χ0v) is 8.54. The molecule has 0 unspecified atom stereocenters. The molecule has 0 spiro atoms. The van der Waals surface area contributed by atoms with Crippen molar-refractivity contribution in [2.24, 2.45) is 0 Å². The maximum Gasteiger partial charge on any atom is 0.277 e. The van der Waals surface area contributed by atoms with Gasteiger partial charge < -0.3 is 0 Å². The summed E-state index contributed by atoms with van der Waals surface area (Å²) in [5, 5.41) is 29.5. The highest BCUT2D eigenvalue weighted by Gasteiger charge is 2.13. The summed E-state index contributed by atoms with van der Waals surface area (Å²) in [7, 11) is 0. The molecular formula is C12H5N3O2. The molecule has 2 aromatic carbocycles. The van der Waals surface area contributed by atoms with Gasteiger partial charge in [-0.1, -0.05) is 12.1 Å². The van der Waals surface area contributed by atoms with Crippen LogP contribution in [0.2, 0.25) is 0 Å². The molecule has 0 radical (unpaired) electrons. The monoisotopic (exact) mass is 223 g/mol. The standard InChI is InChI=1S/C12H5N3O2/c13-6-9-4-8-2-1-3-12(15(16)17)11(8)5-10(9)7-14/h1-5H. The van der Waals surface area contributed by atoms with Crippen molar-refractivity contribution in [3.63, 3.8) is 0 Å². The van der Waals surface area contributed by atoms with Crippen molar-refractivity contribution in [3.8, 4) is 12.1 Å². The molecule has 0 aliphatic heterocycles. The van der Waals surface area contributed by atoms with Crippen molar-refractivity contribution in [3.05, 3.63) is 51.6 Å². The van der Waals surface area contributed by atoms with Crippen LogP contribution in [0.1, 0.15) is 11.1 Å². The third-order valence-corrected chi connectivity index (χ3v) is 2.43. The van der Waals surface area contributed by atoms with E-state index < -0.39 is 4.92 Å². The first-order valence-corrected chi connectivity index (χ1v) is 4.68. The second-order valence-corrected chi connectivity index (χ2v) is 3.38. The summed E-state index contributed by atoms with van der Waals surface area (Å²) < 4.78 is 0. The van der Waals surface area contributed by atoms with Gasteiger partial charge in [-0.05, 0) is 17.5 Å². The number of nitriles is 2. The maximum atomic E-state index is 10.8. The van der Waals surface area contributed by atoms with Gasteiger partial charge in [0.25, 0.3) is 5.69 Å². The number of hydrogen-bond acceptors (Lipinski definition) is 4. The lowest BCUT2D eigenvalue weighted by Gasteiger charge is -2.01. The van der Waals surface area contributed by atoms with Crippen LogP contribution >= 0.6 is 0 Å². The molecule has 0 fully saturated rings. The van der Waals surface area contributed by atoms with Gasteiger partial charge in [-0.25, -0.2) is 0 Å². The minimum Gasteiger partial charge on any atom is -0.258 e. The van der Waals surface area contributed by atoms with Crippen molar-refractivity contribution in [2.45, 2.75) is 0 Å². The minimum atomic E-state index is -0.504. The number of non-ortho nitro benzene ring substituents is 1. The van der Waals surface area contributed by atoms with E-state index in [4.69, 9.17) is 10.5 Å². The fraction of sp³-hybridized carbons (Fsp3) is 0. The number of fused-ring (bicyclic) bond motifs is 1. The van der Waals surface area contributed by atoms with Crippen LogP contribution < -0.4 is 0 Å². The Kier molecular flexibility index (Phi) is 2.44. The van der Waals surface area contributed by atoms with Crippen LogP contribution in [0.5, 0.6) is 0 Å². The molecule has 0 amide bonds. The fourth-order valence-corrected chi connectivity index (χ4v) is 1.65. The Hall–Kier alpha value is -2.92. The number of nitro benzene ring substituents is 1. The van der Waals surface area contributed by atoms with Crippen LogP contribution in [0, 0.1) is 32.8 Å². The van der Waals surface area contributed by atoms with Gasteiger partial charge in [0.2, 0.25) is 0 Å². The first-order valence-electron chi connectivity index (χ1n) is 4.68. The molecule has 0 bridgehead atoms. The van der Waals surface area contributed by atoms with Crippen molar-refractivity contribution in [1.82, 2.24) is 0 Å². The summed E-state index contributed by atoms with van der Waals surface area (Å²) in [5.41, 5.74) is 0.304. The molecule has 0 saturated carbocycles. The smallest absolute Gasteiger partial charge is 0.258 e. The molecule has 0 atom stereocenters. The third kappa shape index (κ3) is 1.66. The summed E-state index contributed by atoms with van der Waals surface area (Å²) >= 11 is 0. The SMILES string of the molecule is N#Cc1cc2cccc([N+](=O)[O-])c2cc1C#N. The highest BCUT2D eigenvalue weighted by molar-refractivity contribution is 5.93. The second kappa shape index (κ2) is 3.92. The molecule has 0 saturated heterocycles. The van der Waals surface area contributed by atoms with E-state index in [0.717, 1.165) is 0 Å². The van der Waals surface area contributed by atoms with Crippen LogP contribution in [-0.4, -0.2) is 4.92 Å². The summed E-state index contributed by atoms with van der Waals surface area (Å²) in [6.07, 6.45) is 0. The van der Waals surface area contributed by atoms with Crippen molar-refractivity contribution < 1.29 is 4.92 Å². The molecule has 17 heavy (non-hydrogen) atoms. The molecule has 80 valence electrons. The van der Waals surface area contributed by atoms with E-state index >= 15 is 0 Å². The molecule has 2 aromatic rings. The zero-order valence-electron chi connectivity index (χ0n) is 8.54. The summed E-state index contributed by atoms with van der Waals surface area (Å²) in [5.74, 6) is 0. The van der Waals surface area contributed by atoms with Gasteiger partial charge in [0.15, 0.2) is 0 Å². The minimum absolute atomic E-state index is 0.0662. The van der Waals surface area contributed by atoms with Gasteiger partial charge in [0.1, 0.15) is 12.1 Å². The summed E-state index contributed by atoms with van der Waals surface area (Å²) in [6, 6.07) is 11.2. The first-order chi connectivity index (χ1) is 8.17. The van der Waals surface area contributed by atoms with Crippen LogP contribution in [-0.2, 0) is 0 Å². The first kappa shape index (κ1) is 10.6. The molecule has 0 N–H and O–H groups in total. The van der Waals surface area contributed by atoms with Gasteiger partial charge in [0, 0.05) is 6.07 Å². The van der Waals surface area contributed by atoms with Crippen LogP contribution in [0.15, 0.2) is 30.3 Å². The normalized spacial score (nSPS) is 9.53. The molecule has 0 aliphatic carbocycles. The lowest BCUT2D eigenvalue weighted by Crippen LogP contribution is -1.91. The Morgan fingerprint density at radius 3 is 2.35 bits per heavy atom. The molecule has 0 heterocycles. The van der Waals surface area contributed by atoms with Crippen LogP contribution in [0.3, 0.4) is 0 Å². The molecule has 0 aromatic heterocycles. The van der Waals surface area contributed by atoms with Crippen LogP contribution in [0.4, 0.5) is 5.69 Å². The Morgan fingerprint density at radius 1 is 1.12 bits per heavy atom. The summed E-state index contributed by atoms with van der Waals surface area (Å²) in [6.45, 7) is 0. The molecule has 5 heteroatoms. The maximum absolute atomic E-state index is 10.8. The van der Waals surface area contributed by atoms with E-state index in [9.17, 15) is 10.1 Å². The van der Waals surface area contributed by atoms with Gasteiger partial charge >= 0.3 is 0 Å². The Labute approximate surface area is 96.3 Å². The van der Waals surface area contributed by atoms with Gasteiger partial charge in [-0.15, -0.1) is 0 Å². The average molecular weight is 223 g/mol. The van der Waals surface area contributed by atoms with Crippen molar-refractivity contribution >= 4 is 16.5 Å². The number of rotatable bonds is 1. The molecular weight excluding hydrogens is 218 g/mol. The zero-order chi connectivity index (χ0) is 12.4. The molecule has 2 rings (SSSR count). The largest absolute Gasteiger partial charge is 0.277 e. The van der Waals surface area contributed by atoms with Gasteiger partial charge in [-0.2, -0.15) is 10.5 Å². The predicted octanol–water partition coefficient (Wildman–Crippen LogP) is 2.49. The third-order valence-electron chi connectivity index (χ3n) is 2.43. The van der Waals surface area contributed by atoms with Gasteiger partial charge in [0.05, 0.1) is 21.4 Å². The lowest BCUT2D eigenvalue weighted by molar-refractivity contribution is -0.383. The Morgan fingerprint density at radius 2 is 1.76 bits per heavy atom. The number of nitrogens with zero attached hydrogens (tertiary/aromatic N) is 3. The number of hydrogen-bond donors (Lipinski definition) is 0. The molecule has 0 aliphatic rings. The van der Waals surface area contributed by atoms with E-state index in [0.29, 0.717) is 10.8 Å². The fourth-order valence-electron chi connectivity index (χ4n) is 1.65. The van der Waals surface area contributed by atoms with Crippen molar-refractivity contribution in [1.29, 1.82) is 10.5 Å². The quantitative estimate of drug-likeness (QED) is 0.548. The highest BCUT2D eigenvalue weighted by atomic mass is 16.6. The number of nitro groups is 1. The average Bonchev–Trinajstić information content (AvgIpc) is 2.35. The predicted molar refractivity (Wildman–Crippen MR) is 60.0 cm³/mol. The van der Waals surface area contributed by atoms with E-state index in [1.54, 1.807) is 12.1 Å². The van der Waals surface area contributed by atoms with E-state index in [1.807, 2.05) is 12.1 Å². The summed E-state index contributed by atoms with van der Waals surface area (Å²) in [4.78, 5) is 10.3. The van der Waals surface area contributed by atoms with Crippen molar-refractivity contribution in [2.75, 3.05) is 0 Å². The van der Waals surface area contributed by atoms with E-state index in [-0.39, 0.29) is 16.8 Å². The lowest BCUT2D eigenvalue weighted by atomic mass is 10.0. The van der Waals surface area contributed by atoms with E-state index in [1.165, 1.54) is 18.2 Å². The second-order valence-electron chi connectivity index (χ2n) is 3.38. The van der Waals surface area contributed by atoms with Crippen LogP contribution in [0.25, 0.3) is 10.8 Å². The highest BCUT2D eigenvalue weighted by Crippen LogP contribution is 2.27. The number of benzene rings is 2. The Bertz CT molecular complexity index is 708. The van der Waals surface area contributed by atoms with Gasteiger partial charge in [-0.3, -0.25) is 10.1 Å². The topological polar surface area (TPSA) is 90.7 Å². The van der Waals surface area contributed by atoms with E-state index in [2.05, 4.69) is 0 Å².